The van der Waals surface area contributed by atoms with E-state index in [1.165, 1.54) is 0 Å². The summed E-state index contributed by atoms with van der Waals surface area (Å²) in [6.45, 7) is 0.827. The molecule has 0 atom stereocenters. The largest absolute Gasteiger partial charge is 0.542 e. The first kappa shape index (κ1) is 19.7. The van der Waals surface area contributed by atoms with Gasteiger partial charge in [-0.25, -0.2) is 17.6 Å². The third-order valence-electron chi connectivity index (χ3n) is 2.11. The molecule has 0 radical (unpaired) electrons. The number of carbonyl (C=O) groups is 1. The monoisotopic (exact) mass is 350 g/mol. The van der Waals surface area contributed by atoms with Crippen LogP contribution in [0.2, 0.25) is 0 Å². The first-order valence-electron chi connectivity index (χ1n) is 5.63. The van der Waals surface area contributed by atoms with Crippen LogP contribution in [0.1, 0.15) is 12.8 Å². The summed E-state index contributed by atoms with van der Waals surface area (Å²) in [5.74, 6) is -2.95. The number of nitrogens with zero attached hydrogens (tertiary/aromatic N) is 2. The molecule has 0 aliphatic rings. The molecule has 1 aromatic heterocycles. The molecular weight excluding hydrogens is 337 g/mol. The Morgan fingerprint density at radius 2 is 1.90 bits per heavy atom. The number of rotatable bonds is 5. The smallest absolute Gasteiger partial charge is 0.430 e. The number of carboxylic acid groups (broad SMARTS) is 1. The maximum Gasteiger partial charge on any atom is 0.430 e. The van der Waals surface area contributed by atoms with E-state index in [1.807, 2.05) is 34.9 Å². The molecule has 11 heteroatoms. The molecule has 0 fully saturated rings. The average molecular weight is 351 g/mol. The molecule has 0 saturated heterocycles. The summed E-state index contributed by atoms with van der Waals surface area (Å²) in [6, 6.07) is 0. The van der Waals surface area contributed by atoms with E-state index in [9.17, 15) is 21.6 Å². The molecule has 21 heavy (non-hydrogen) atoms. The highest BCUT2D eigenvalue weighted by Gasteiger charge is 2.28. The number of carboxylic acids is 1. The molecule has 0 aromatic carbocycles. The van der Waals surface area contributed by atoms with Crippen molar-refractivity contribution in [3.05, 3.63) is 18.7 Å². The zero-order valence-corrected chi connectivity index (χ0v) is 12.6. The number of aliphatic carboxylic acids is 1. The topological polar surface area (TPSA) is 83.1 Å². The van der Waals surface area contributed by atoms with Crippen LogP contribution in [0.3, 0.4) is 0 Å². The van der Waals surface area contributed by atoms with Gasteiger partial charge in [0.2, 0.25) is 15.4 Å². The number of alkyl halides is 3. The number of hydrogen-bond donors (Lipinski definition) is 0. The number of aryl methyl sites for hydroxylation is 2. The van der Waals surface area contributed by atoms with Gasteiger partial charge in [-0.05, 0) is 12.8 Å². The van der Waals surface area contributed by atoms with Gasteiger partial charge in [-0.15, -0.1) is 0 Å². The molecule has 0 aliphatic heterocycles. The Labute approximate surface area is 124 Å². The third kappa shape index (κ3) is 11.1. The number of imidazole rings is 1. The second kappa shape index (κ2) is 8.23. The predicted octanol–water partition coefficient (Wildman–Crippen LogP) is -0.0400. The lowest BCUT2D eigenvalue weighted by Crippen LogP contribution is -2.37. The van der Waals surface area contributed by atoms with Crippen LogP contribution in [0.4, 0.5) is 13.2 Å². The van der Waals surface area contributed by atoms with Gasteiger partial charge in [-0.1, -0.05) is 0 Å². The van der Waals surface area contributed by atoms with E-state index < -0.39 is 21.2 Å². The molecule has 0 N–H and O–H groups in total. The molecule has 0 spiro atoms. The van der Waals surface area contributed by atoms with E-state index in [4.69, 9.17) is 20.6 Å². The molecule has 1 aromatic rings. The number of halogens is 4. The maximum absolute atomic E-state index is 10.6. The zero-order chi connectivity index (χ0) is 16.7. The van der Waals surface area contributed by atoms with Gasteiger partial charge in [-0.3, -0.25) is 0 Å². The van der Waals surface area contributed by atoms with E-state index >= 15 is 0 Å². The summed E-state index contributed by atoms with van der Waals surface area (Å²) >= 11 is 0. The standard InChI is InChI=1S/C8H14ClN2O2S.C2HF3O2/c1-10-5-6-11(8-10)4-2-3-7-14(9,12)13;3-2(4,5)1(6)7/h5-6,8H,2-4,7H2,1H3;(H,6,7)/q+1;/p-1. The predicted molar refractivity (Wildman–Crippen MR) is 65.5 cm³/mol. The van der Waals surface area contributed by atoms with Crippen LogP contribution in [0.25, 0.3) is 0 Å². The number of unbranched alkanes of at least 4 members (excludes halogenated alkanes) is 1. The van der Waals surface area contributed by atoms with E-state index in [1.54, 1.807) is 0 Å². The zero-order valence-electron chi connectivity index (χ0n) is 11.0. The van der Waals surface area contributed by atoms with Crippen LogP contribution >= 0.6 is 10.7 Å². The van der Waals surface area contributed by atoms with Crippen LogP contribution in [0.5, 0.6) is 0 Å². The summed E-state index contributed by atoms with van der Waals surface area (Å²) in [6.07, 6.45) is 2.08. The Bertz CT molecular complexity index is 557. The molecule has 1 heterocycles. The van der Waals surface area contributed by atoms with Crippen LogP contribution in [-0.4, -0.2) is 30.9 Å². The molecule has 0 amide bonds. The minimum Gasteiger partial charge on any atom is -0.542 e. The first-order chi connectivity index (χ1) is 9.42. The lowest BCUT2D eigenvalue weighted by atomic mass is 10.3. The highest BCUT2D eigenvalue weighted by molar-refractivity contribution is 8.13. The van der Waals surface area contributed by atoms with Gasteiger partial charge in [0.25, 0.3) is 0 Å². The summed E-state index contributed by atoms with van der Waals surface area (Å²) < 4.78 is 56.7. The second-order valence-corrected chi connectivity index (χ2v) is 6.95. The third-order valence-corrected chi connectivity index (χ3v) is 3.35. The lowest BCUT2D eigenvalue weighted by molar-refractivity contribution is -0.671. The molecule has 0 aliphatic carbocycles. The van der Waals surface area contributed by atoms with Crippen molar-refractivity contribution in [2.45, 2.75) is 25.6 Å². The minimum atomic E-state index is -5.19. The van der Waals surface area contributed by atoms with Crippen LogP contribution in [0, 0.1) is 0 Å². The molecule has 1 rings (SSSR count). The fourth-order valence-electron chi connectivity index (χ4n) is 1.20. The fraction of sp³-hybridized carbons (Fsp3) is 0.600. The Kier molecular flexibility index (Phi) is 7.72. The average Bonchev–Trinajstić information content (AvgIpc) is 2.69. The van der Waals surface area contributed by atoms with Crippen molar-refractivity contribution in [1.82, 2.24) is 4.57 Å². The van der Waals surface area contributed by atoms with Gasteiger partial charge < -0.3 is 9.90 Å². The van der Waals surface area contributed by atoms with Crippen LogP contribution < -0.4 is 9.67 Å². The van der Waals surface area contributed by atoms with Crippen molar-refractivity contribution in [3.8, 4) is 0 Å². The molecular formula is C10H14ClF3N2O4S. The van der Waals surface area contributed by atoms with E-state index in [0.29, 0.717) is 6.42 Å². The Balaban J connectivity index is 0.000000486. The number of carbonyl (C=O) groups excluding carboxylic acids is 1. The van der Waals surface area contributed by atoms with Crippen molar-refractivity contribution in [3.63, 3.8) is 0 Å². The molecule has 0 unspecified atom stereocenters. The molecule has 0 bridgehead atoms. The molecule has 122 valence electrons. The highest BCUT2D eigenvalue weighted by atomic mass is 35.7. The van der Waals surface area contributed by atoms with E-state index in [2.05, 4.69) is 0 Å². The summed E-state index contributed by atoms with van der Waals surface area (Å²) in [5, 5.41) is 8.78. The SMILES string of the molecule is C[n+]1ccn(CCCCS(=O)(=O)Cl)c1.O=C([O-])C(F)(F)F. The van der Waals surface area contributed by atoms with Crippen molar-refractivity contribution in [1.29, 1.82) is 0 Å². The highest BCUT2D eigenvalue weighted by Crippen LogP contribution is 2.11. The Hall–Kier alpha value is -1.29. The Morgan fingerprint density at radius 1 is 1.38 bits per heavy atom. The minimum absolute atomic E-state index is 0.0575. The van der Waals surface area contributed by atoms with Crippen molar-refractivity contribution in [2.75, 3.05) is 5.75 Å². The number of aromatic nitrogens is 2. The van der Waals surface area contributed by atoms with Gasteiger partial charge in [0, 0.05) is 10.7 Å². The molecule has 0 saturated carbocycles. The summed E-state index contributed by atoms with van der Waals surface area (Å²) in [5.41, 5.74) is 0. The lowest BCUT2D eigenvalue weighted by Gasteiger charge is -2.03. The number of hydrogen-bond acceptors (Lipinski definition) is 4. The summed E-state index contributed by atoms with van der Waals surface area (Å²) in [4.78, 5) is 8.78. The van der Waals surface area contributed by atoms with Gasteiger partial charge in [0.15, 0.2) is 0 Å². The first-order valence-corrected chi connectivity index (χ1v) is 8.11. The van der Waals surface area contributed by atoms with Crippen molar-refractivity contribution < 1.29 is 36.1 Å². The Morgan fingerprint density at radius 3 is 2.24 bits per heavy atom. The van der Waals surface area contributed by atoms with Gasteiger partial charge in [0.05, 0.1) is 19.3 Å². The van der Waals surface area contributed by atoms with E-state index in [0.717, 1.165) is 13.0 Å². The van der Waals surface area contributed by atoms with Gasteiger partial charge >= 0.3 is 6.18 Å². The quantitative estimate of drug-likeness (QED) is 0.424. The maximum atomic E-state index is 10.6. The molecule has 6 nitrogen and oxygen atoms in total. The van der Waals surface area contributed by atoms with Crippen LogP contribution in [-0.2, 0) is 27.4 Å². The van der Waals surface area contributed by atoms with E-state index in [-0.39, 0.29) is 5.75 Å². The summed E-state index contributed by atoms with van der Waals surface area (Å²) in [7, 11) is 3.71. The van der Waals surface area contributed by atoms with Gasteiger partial charge in [-0.2, -0.15) is 13.2 Å². The van der Waals surface area contributed by atoms with Gasteiger partial charge in [0.1, 0.15) is 18.4 Å². The van der Waals surface area contributed by atoms with Crippen molar-refractivity contribution >= 4 is 25.7 Å². The van der Waals surface area contributed by atoms with Crippen molar-refractivity contribution in [2.24, 2.45) is 7.05 Å². The second-order valence-electron chi connectivity index (χ2n) is 4.05. The van der Waals surface area contributed by atoms with Crippen LogP contribution in [0.15, 0.2) is 18.7 Å². The normalized spacial score (nSPS) is 11.7. The fourth-order valence-corrected chi connectivity index (χ4v) is 2.08.